The quantitative estimate of drug-likeness (QED) is 0.755. The Hall–Kier alpha value is -1.03. The largest absolute Gasteiger partial charge is 0.354 e. The van der Waals surface area contributed by atoms with Gasteiger partial charge in [-0.05, 0) is 17.9 Å². The summed E-state index contributed by atoms with van der Waals surface area (Å²) in [6, 6.07) is 4.93. The van der Waals surface area contributed by atoms with Crippen LogP contribution in [0.25, 0.3) is 0 Å². The van der Waals surface area contributed by atoms with Crippen LogP contribution in [0.5, 0.6) is 0 Å². The van der Waals surface area contributed by atoms with Gasteiger partial charge in [-0.3, -0.25) is 4.99 Å². The maximum atomic E-state index is 4.49. The minimum absolute atomic E-state index is 0.567. The minimum Gasteiger partial charge on any atom is -0.354 e. The molecule has 0 bridgehead atoms. The molecule has 1 unspecified atom stereocenters. The van der Waals surface area contributed by atoms with E-state index in [2.05, 4.69) is 32.7 Å². The smallest absolute Gasteiger partial charge is 0.194 e. The van der Waals surface area contributed by atoms with Crippen LogP contribution in [-0.2, 0) is 0 Å². The van der Waals surface area contributed by atoms with Gasteiger partial charge in [0.15, 0.2) is 5.96 Å². The molecule has 2 aliphatic rings. The van der Waals surface area contributed by atoms with Gasteiger partial charge in [-0.25, -0.2) is 0 Å². The van der Waals surface area contributed by atoms with Gasteiger partial charge in [0.2, 0.25) is 0 Å². The Bertz CT molecular complexity index is 344. The molecule has 1 saturated heterocycles. The van der Waals surface area contributed by atoms with Crippen molar-refractivity contribution in [1.29, 1.82) is 0 Å². The van der Waals surface area contributed by atoms with Crippen LogP contribution in [0, 0.1) is 0 Å². The summed E-state index contributed by atoms with van der Waals surface area (Å²) in [5.41, 5.74) is 0. The lowest BCUT2D eigenvalue weighted by Crippen LogP contribution is -2.37. The second-order valence-electron chi connectivity index (χ2n) is 3.65. The van der Waals surface area contributed by atoms with Crippen molar-refractivity contribution >= 4 is 17.3 Å². The number of aliphatic imine (C=N–C) groups is 1. The number of hydrogen-bond acceptors (Lipinski definition) is 4. The molecule has 1 fully saturated rings. The van der Waals surface area contributed by atoms with Crippen molar-refractivity contribution in [2.24, 2.45) is 4.99 Å². The van der Waals surface area contributed by atoms with E-state index in [1.807, 2.05) is 11.3 Å². The standard InChI is InChI=1S/C10H13N3S/c1-2-9(14-7-1)8-3-4-11-10-12-5-6-13(8)10/h1-2,7-8H,3-6H2,(H,11,12). The van der Waals surface area contributed by atoms with Gasteiger partial charge in [0.25, 0.3) is 0 Å². The minimum atomic E-state index is 0.567. The maximum Gasteiger partial charge on any atom is 0.194 e. The van der Waals surface area contributed by atoms with Gasteiger partial charge < -0.3 is 10.2 Å². The van der Waals surface area contributed by atoms with Gasteiger partial charge >= 0.3 is 0 Å². The van der Waals surface area contributed by atoms with Gasteiger partial charge in [-0.2, -0.15) is 0 Å². The Morgan fingerprint density at radius 3 is 3.43 bits per heavy atom. The zero-order valence-corrected chi connectivity index (χ0v) is 8.76. The van der Waals surface area contributed by atoms with Crippen LogP contribution in [-0.4, -0.2) is 30.5 Å². The first-order valence-electron chi connectivity index (χ1n) is 5.03. The molecule has 1 aromatic rings. The Kier molecular flexibility index (Phi) is 1.94. The molecular formula is C10H13N3S. The van der Waals surface area contributed by atoms with Crippen LogP contribution in [0.3, 0.4) is 0 Å². The highest BCUT2D eigenvalue weighted by Crippen LogP contribution is 2.31. The third kappa shape index (κ3) is 1.21. The fourth-order valence-electron chi connectivity index (χ4n) is 2.17. The van der Waals surface area contributed by atoms with Crippen LogP contribution in [0.4, 0.5) is 0 Å². The number of guanidine groups is 1. The molecule has 4 heteroatoms. The van der Waals surface area contributed by atoms with Crippen molar-refractivity contribution in [2.75, 3.05) is 19.6 Å². The zero-order valence-electron chi connectivity index (χ0n) is 7.94. The SMILES string of the molecule is c1csc(C2CCN=C3NCCN32)c1. The van der Waals surface area contributed by atoms with E-state index < -0.39 is 0 Å². The molecule has 0 aliphatic carbocycles. The van der Waals surface area contributed by atoms with Crippen molar-refractivity contribution in [3.05, 3.63) is 22.4 Å². The summed E-state index contributed by atoms with van der Waals surface area (Å²) < 4.78 is 0. The summed E-state index contributed by atoms with van der Waals surface area (Å²) in [5, 5.41) is 5.49. The summed E-state index contributed by atoms with van der Waals surface area (Å²) in [5.74, 6) is 1.11. The molecular weight excluding hydrogens is 194 g/mol. The summed E-state index contributed by atoms with van der Waals surface area (Å²) in [6.45, 7) is 3.10. The van der Waals surface area contributed by atoms with Crippen LogP contribution in [0.1, 0.15) is 17.3 Å². The van der Waals surface area contributed by atoms with Gasteiger partial charge in [-0.15, -0.1) is 11.3 Å². The van der Waals surface area contributed by atoms with E-state index in [1.54, 1.807) is 0 Å². The van der Waals surface area contributed by atoms with Crippen LogP contribution in [0.15, 0.2) is 22.5 Å². The topological polar surface area (TPSA) is 27.6 Å². The molecule has 3 heterocycles. The van der Waals surface area contributed by atoms with E-state index in [-0.39, 0.29) is 0 Å². The van der Waals surface area contributed by atoms with E-state index in [4.69, 9.17) is 0 Å². The van der Waals surface area contributed by atoms with E-state index in [0.29, 0.717) is 6.04 Å². The van der Waals surface area contributed by atoms with Crippen LogP contribution >= 0.6 is 11.3 Å². The lowest BCUT2D eigenvalue weighted by molar-refractivity contribution is 0.319. The average molecular weight is 207 g/mol. The highest BCUT2D eigenvalue weighted by atomic mass is 32.1. The lowest BCUT2D eigenvalue weighted by Gasteiger charge is -2.31. The molecule has 14 heavy (non-hydrogen) atoms. The maximum absolute atomic E-state index is 4.49. The number of thiophene rings is 1. The molecule has 74 valence electrons. The number of nitrogens with one attached hydrogen (secondary N) is 1. The van der Waals surface area contributed by atoms with Crippen molar-refractivity contribution in [2.45, 2.75) is 12.5 Å². The van der Waals surface area contributed by atoms with Crippen LogP contribution in [0.2, 0.25) is 0 Å². The first kappa shape index (κ1) is 8.29. The highest BCUT2D eigenvalue weighted by molar-refractivity contribution is 7.10. The monoisotopic (exact) mass is 207 g/mol. The molecule has 0 amide bonds. The summed E-state index contributed by atoms with van der Waals surface area (Å²) in [4.78, 5) is 8.36. The fourth-order valence-corrected chi connectivity index (χ4v) is 3.04. The molecule has 0 radical (unpaired) electrons. The average Bonchev–Trinajstić information content (AvgIpc) is 2.88. The Morgan fingerprint density at radius 1 is 1.57 bits per heavy atom. The van der Waals surface area contributed by atoms with E-state index in [0.717, 1.165) is 32.0 Å². The molecule has 0 spiro atoms. The lowest BCUT2D eigenvalue weighted by atomic mass is 10.1. The second kappa shape index (κ2) is 3.28. The van der Waals surface area contributed by atoms with E-state index in [1.165, 1.54) is 4.88 Å². The molecule has 1 N–H and O–H groups in total. The number of nitrogens with zero attached hydrogens (tertiary/aromatic N) is 2. The predicted octanol–water partition coefficient (Wildman–Crippen LogP) is 1.45. The summed E-state index contributed by atoms with van der Waals surface area (Å²) in [6.07, 6.45) is 1.16. The van der Waals surface area contributed by atoms with E-state index in [9.17, 15) is 0 Å². The molecule has 2 aliphatic heterocycles. The van der Waals surface area contributed by atoms with Crippen molar-refractivity contribution in [1.82, 2.24) is 10.2 Å². The van der Waals surface area contributed by atoms with Crippen molar-refractivity contribution < 1.29 is 0 Å². The highest BCUT2D eigenvalue weighted by Gasteiger charge is 2.30. The third-order valence-corrected chi connectivity index (χ3v) is 3.79. The normalized spacial score (nSPS) is 25.6. The molecule has 1 atom stereocenters. The first-order chi connectivity index (χ1) is 6.95. The Balaban J connectivity index is 1.91. The van der Waals surface area contributed by atoms with Gasteiger partial charge in [0.05, 0.1) is 6.04 Å². The second-order valence-corrected chi connectivity index (χ2v) is 4.62. The van der Waals surface area contributed by atoms with Gasteiger partial charge in [0.1, 0.15) is 0 Å². The van der Waals surface area contributed by atoms with Crippen molar-refractivity contribution in [3.63, 3.8) is 0 Å². The fraction of sp³-hybridized carbons (Fsp3) is 0.500. The molecule has 1 aromatic heterocycles. The zero-order chi connectivity index (χ0) is 9.38. The molecule has 3 nitrogen and oxygen atoms in total. The molecule has 3 rings (SSSR count). The number of fused-ring (bicyclic) bond motifs is 1. The predicted molar refractivity (Wildman–Crippen MR) is 58.7 cm³/mol. The Morgan fingerprint density at radius 2 is 2.57 bits per heavy atom. The number of rotatable bonds is 1. The first-order valence-corrected chi connectivity index (χ1v) is 5.91. The van der Waals surface area contributed by atoms with Gasteiger partial charge in [0, 0.05) is 24.5 Å². The Labute approximate surface area is 87.5 Å². The summed E-state index contributed by atoms with van der Waals surface area (Å²) in [7, 11) is 0. The molecule has 0 aromatic carbocycles. The molecule has 0 saturated carbocycles. The third-order valence-electron chi connectivity index (χ3n) is 2.82. The summed E-state index contributed by atoms with van der Waals surface area (Å²) >= 11 is 1.85. The number of hydrogen-bond donors (Lipinski definition) is 1. The van der Waals surface area contributed by atoms with Gasteiger partial charge in [-0.1, -0.05) is 6.07 Å². The van der Waals surface area contributed by atoms with Crippen molar-refractivity contribution in [3.8, 4) is 0 Å². The van der Waals surface area contributed by atoms with Crippen LogP contribution < -0.4 is 5.32 Å². The van der Waals surface area contributed by atoms with E-state index >= 15 is 0 Å².